The van der Waals surface area contributed by atoms with Crippen molar-refractivity contribution in [2.75, 3.05) is 10.6 Å². The Bertz CT molecular complexity index is 496. The first-order chi connectivity index (χ1) is 8.24. The molecule has 1 heterocycles. The molecule has 2 rings (SSSR count). The predicted molar refractivity (Wildman–Crippen MR) is 65.9 cm³/mol. The fraction of sp³-hybridized carbons (Fsp3) is 0.0833. The van der Waals surface area contributed by atoms with Crippen molar-refractivity contribution < 1.29 is 4.79 Å². The number of aromatic nitrogens is 2. The number of carbonyl (C=O) groups is 1. The Morgan fingerprint density at radius 3 is 2.47 bits per heavy atom. The third-order valence-corrected chi connectivity index (χ3v) is 2.05. The summed E-state index contributed by atoms with van der Waals surface area (Å²) < 4.78 is 0. The highest BCUT2D eigenvalue weighted by Crippen LogP contribution is 2.06. The van der Waals surface area contributed by atoms with Gasteiger partial charge in [-0.25, -0.2) is 9.78 Å². The third kappa shape index (κ3) is 3.27. The first-order valence-electron chi connectivity index (χ1n) is 5.16. The second-order valence-electron chi connectivity index (χ2n) is 3.49. The van der Waals surface area contributed by atoms with Crippen molar-refractivity contribution in [2.45, 2.75) is 6.92 Å². The highest BCUT2D eigenvalue weighted by Gasteiger charge is 2.02. The van der Waals surface area contributed by atoms with Crippen molar-refractivity contribution in [3.05, 3.63) is 48.4 Å². The van der Waals surface area contributed by atoms with E-state index in [9.17, 15) is 4.79 Å². The zero-order chi connectivity index (χ0) is 12.1. The molecule has 1 aromatic heterocycles. The van der Waals surface area contributed by atoms with Gasteiger partial charge in [-0.2, -0.15) is 0 Å². The van der Waals surface area contributed by atoms with E-state index in [0.717, 1.165) is 11.4 Å². The Morgan fingerprint density at radius 1 is 1.06 bits per heavy atom. The topological polar surface area (TPSA) is 66.9 Å². The van der Waals surface area contributed by atoms with Gasteiger partial charge >= 0.3 is 6.03 Å². The smallest absolute Gasteiger partial charge is 0.308 e. The van der Waals surface area contributed by atoms with Gasteiger partial charge in [-0.1, -0.05) is 18.2 Å². The van der Waals surface area contributed by atoms with E-state index in [-0.39, 0.29) is 6.03 Å². The molecule has 0 fully saturated rings. The van der Waals surface area contributed by atoms with Crippen molar-refractivity contribution in [3.63, 3.8) is 0 Å². The lowest BCUT2D eigenvalue weighted by Gasteiger charge is -2.06. The Labute approximate surface area is 98.9 Å². The number of aryl methyl sites for hydroxylation is 1. The normalized spacial score (nSPS) is 9.71. The van der Waals surface area contributed by atoms with Crippen LogP contribution in [0.1, 0.15) is 5.69 Å². The number of nitrogens with zero attached hydrogens (tertiary/aromatic N) is 2. The maximum absolute atomic E-state index is 11.6. The fourth-order valence-corrected chi connectivity index (χ4v) is 1.26. The van der Waals surface area contributed by atoms with E-state index in [1.165, 1.54) is 6.20 Å². The van der Waals surface area contributed by atoms with Crippen molar-refractivity contribution in [1.82, 2.24) is 9.97 Å². The van der Waals surface area contributed by atoms with E-state index in [4.69, 9.17) is 0 Å². The van der Waals surface area contributed by atoms with Gasteiger partial charge in [0, 0.05) is 5.69 Å². The molecule has 1 aromatic carbocycles. The van der Waals surface area contributed by atoms with Gasteiger partial charge < -0.3 is 5.32 Å². The monoisotopic (exact) mass is 228 g/mol. The predicted octanol–water partition coefficient (Wildman–Crippen LogP) is 2.43. The summed E-state index contributed by atoms with van der Waals surface area (Å²) in [4.78, 5) is 19.6. The van der Waals surface area contributed by atoms with Crippen LogP contribution in [0.4, 0.5) is 16.3 Å². The minimum absolute atomic E-state index is 0.339. The van der Waals surface area contributed by atoms with Crippen molar-refractivity contribution >= 4 is 17.5 Å². The van der Waals surface area contributed by atoms with Crippen LogP contribution in [0, 0.1) is 6.92 Å². The summed E-state index contributed by atoms with van der Waals surface area (Å²) in [6.07, 6.45) is 3.11. The van der Waals surface area contributed by atoms with Crippen LogP contribution in [0.15, 0.2) is 42.7 Å². The molecule has 2 amide bonds. The van der Waals surface area contributed by atoms with E-state index < -0.39 is 0 Å². The van der Waals surface area contributed by atoms with E-state index >= 15 is 0 Å². The van der Waals surface area contributed by atoms with Crippen LogP contribution in [0.25, 0.3) is 0 Å². The van der Waals surface area contributed by atoms with Gasteiger partial charge in [0.1, 0.15) is 0 Å². The molecular formula is C12H12N4O. The summed E-state index contributed by atoms with van der Waals surface area (Å²) in [5, 5.41) is 5.28. The van der Waals surface area contributed by atoms with Crippen molar-refractivity contribution in [3.8, 4) is 0 Å². The lowest BCUT2D eigenvalue weighted by atomic mass is 10.3. The maximum atomic E-state index is 11.6. The van der Waals surface area contributed by atoms with E-state index in [0.29, 0.717) is 5.82 Å². The summed E-state index contributed by atoms with van der Waals surface area (Å²) in [6.45, 7) is 1.83. The second kappa shape index (κ2) is 5.07. The summed E-state index contributed by atoms with van der Waals surface area (Å²) in [5.74, 6) is 0.420. The SMILES string of the molecule is Cc1cnc(NC(=O)Nc2ccccc2)cn1. The summed E-state index contributed by atoms with van der Waals surface area (Å²) in [5.41, 5.74) is 1.53. The summed E-state index contributed by atoms with van der Waals surface area (Å²) in [6, 6.07) is 8.85. The van der Waals surface area contributed by atoms with Gasteiger partial charge in [0.25, 0.3) is 0 Å². The molecule has 0 aliphatic rings. The van der Waals surface area contributed by atoms with Gasteiger partial charge in [0.2, 0.25) is 0 Å². The molecule has 0 aliphatic carbocycles. The highest BCUT2D eigenvalue weighted by molar-refractivity contribution is 5.98. The summed E-state index contributed by atoms with van der Waals surface area (Å²) in [7, 11) is 0. The minimum Gasteiger partial charge on any atom is -0.308 e. The molecule has 0 unspecified atom stereocenters. The standard InChI is InChI=1S/C12H12N4O/c1-9-7-14-11(8-13-9)16-12(17)15-10-5-3-2-4-6-10/h2-8H,1H3,(H2,14,15,16,17). The molecule has 0 radical (unpaired) electrons. The molecule has 0 atom stereocenters. The average molecular weight is 228 g/mol. The summed E-state index contributed by atoms with van der Waals surface area (Å²) >= 11 is 0. The number of amides is 2. The fourth-order valence-electron chi connectivity index (χ4n) is 1.26. The Balaban J connectivity index is 1.96. The van der Waals surface area contributed by atoms with Crippen LogP contribution < -0.4 is 10.6 Å². The molecule has 86 valence electrons. The van der Waals surface area contributed by atoms with Gasteiger partial charge in [-0.3, -0.25) is 10.3 Å². The third-order valence-electron chi connectivity index (χ3n) is 2.05. The number of rotatable bonds is 2. The van der Waals surface area contributed by atoms with Crippen LogP contribution in [0.5, 0.6) is 0 Å². The minimum atomic E-state index is -0.339. The van der Waals surface area contributed by atoms with Crippen LogP contribution in [0.2, 0.25) is 0 Å². The molecule has 17 heavy (non-hydrogen) atoms. The number of anilines is 2. The largest absolute Gasteiger partial charge is 0.324 e. The number of carbonyl (C=O) groups excluding carboxylic acids is 1. The van der Waals surface area contributed by atoms with Gasteiger partial charge in [-0.15, -0.1) is 0 Å². The van der Waals surface area contributed by atoms with Crippen LogP contribution in [-0.4, -0.2) is 16.0 Å². The molecular weight excluding hydrogens is 216 g/mol. The number of hydrogen-bond donors (Lipinski definition) is 2. The first kappa shape index (κ1) is 11.1. The lowest BCUT2D eigenvalue weighted by molar-refractivity contribution is 0.262. The number of nitrogens with one attached hydrogen (secondary N) is 2. The Hall–Kier alpha value is -2.43. The molecule has 5 heteroatoms. The Morgan fingerprint density at radius 2 is 1.82 bits per heavy atom. The number of urea groups is 1. The molecule has 0 saturated carbocycles. The van der Waals surface area contributed by atoms with Crippen molar-refractivity contribution in [1.29, 1.82) is 0 Å². The quantitative estimate of drug-likeness (QED) is 0.829. The molecule has 0 spiro atoms. The second-order valence-corrected chi connectivity index (χ2v) is 3.49. The van der Waals surface area contributed by atoms with Crippen LogP contribution >= 0.6 is 0 Å². The van der Waals surface area contributed by atoms with Crippen LogP contribution in [0.3, 0.4) is 0 Å². The molecule has 5 nitrogen and oxygen atoms in total. The molecule has 0 saturated heterocycles. The molecule has 0 bridgehead atoms. The number of hydrogen-bond acceptors (Lipinski definition) is 3. The van der Waals surface area contributed by atoms with E-state index in [1.54, 1.807) is 18.3 Å². The molecule has 2 aromatic rings. The zero-order valence-electron chi connectivity index (χ0n) is 9.34. The zero-order valence-corrected chi connectivity index (χ0v) is 9.34. The molecule has 0 aliphatic heterocycles. The van der Waals surface area contributed by atoms with E-state index in [2.05, 4.69) is 20.6 Å². The average Bonchev–Trinajstić information content (AvgIpc) is 2.33. The molecule has 2 N–H and O–H groups in total. The van der Waals surface area contributed by atoms with Gasteiger partial charge in [0.15, 0.2) is 5.82 Å². The lowest BCUT2D eigenvalue weighted by Crippen LogP contribution is -2.20. The number of benzene rings is 1. The van der Waals surface area contributed by atoms with Gasteiger partial charge in [0.05, 0.1) is 18.1 Å². The van der Waals surface area contributed by atoms with Crippen molar-refractivity contribution in [2.24, 2.45) is 0 Å². The van der Waals surface area contributed by atoms with Gasteiger partial charge in [-0.05, 0) is 19.1 Å². The Kier molecular flexibility index (Phi) is 3.30. The number of para-hydroxylation sites is 1. The first-order valence-corrected chi connectivity index (χ1v) is 5.16. The van der Waals surface area contributed by atoms with Crippen LogP contribution in [-0.2, 0) is 0 Å². The van der Waals surface area contributed by atoms with E-state index in [1.807, 2.05) is 25.1 Å². The maximum Gasteiger partial charge on any atom is 0.324 e. The highest BCUT2D eigenvalue weighted by atomic mass is 16.2.